The van der Waals surface area contributed by atoms with E-state index >= 15 is 0 Å². The quantitative estimate of drug-likeness (QED) is 0.794. The van der Waals surface area contributed by atoms with Crippen LogP contribution in [-0.2, 0) is 0 Å². The Morgan fingerprint density at radius 2 is 2.12 bits per heavy atom. The summed E-state index contributed by atoms with van der Waals surface area (Å²) in [5, 5.41) is 7.04. The van der Waals surface area contributed by atoms with Gasteiger partial charge in [-0.1, -0.05) is 32.1 Å². The fourth-order valence-corrected chi connectivity index (χ4v) is 1.45. The molecule has 3 N–H and O–H groups in total. The predicted octanol–water partition coefficient (Wildman–Crippen LogP) is 2.68. The lowest BCUT2D eigenvalue weighted by atomic mass is 10.2. The molecule has 1 heterocycles. The van der Waals surface area contributed by atoms with Crippen LogP contribution in [0.2, 0.25) is 0 Å². The molecule has 0 atom stereocenters. The summed E-state index contributed by atoms with van der Waals surface area (Å²) in [6, 6.07) is 7.68. The molecule has 1 aromatic carbocycles. The monoisotopic (exact) mass is 228 g/mol. The summed E-state index contributed by atoms with van der Waals surface area (Å²) in [6.45, 7) is 4.15. The van der Waals surface area contributed by atoms with E-state index in [0.717, 1.165) is 17.1 Å². The minimum absolute atomic E-state index is 0.358. The van der Waals surface area contributed by atoms with Crippen molar-refractivity contribution in [1.29, 1.82) is 0 Å². The van der Waals surface area contributed by atoms with Crippen LogP contribution >= 0.6 is 0 Å². The molecule has 88 valence electrons. The number of H-pyrrole nitrogens is 1. The van der Waals surface area contributed by atoms with Gasteiger partial charge in [0.1, 0.15) is 5.82 Å². The Bertz CT molecular complexity index is 526. The highest BCUT2D eigenvalue weighted by Crippen LogP contribution is 2.11. The van der Waals surface area contributed by atoms with Crippen LogP contribution in [0.3, 0.4) is 0 Å². The molecule has 17 heavy (non-hydrogen) atoms. The highest BCUT2D eigenvalue weighted by molar-refractivity contribution is 5.68. The minimum Gasteiger partial charge on any atom is -0.399 e. The maximum atomic E-state index is 5.70. The largest absolute Gasteiger partial charge is 0.399 e. The number of hydrogen-bond acceptors (Lipinski definition) is 3. The Morgan fingerprint density at radius 1 is 1.29 bits per heavy atom. The Morgan fingerprint density at radius 3 is 2.76 bits per heavy atom. The molecule has 2 aromatic rings. The van der Waals surface area contributed by atoms with E-state index in [1.54, 1.807) is 0 Å². The van der Waals surface area contributed by atoms with E-state index in [1.165, 1.54) is 0 Å². The van der Waals surface area contributed by atoms with Crippen LogP contribution in [0.1, 0.15) is 37.0 Å². The van der Waals surface area contributed by atoms with Gasteiger partial charge in [0.2, 0.25) is 0 Å². The first-order valence-electron chi connectivity index (χ1n) is 5.61. The lowest BCUT2D eigenvalue weighted by Crippen LogP contribution is -1.89. The number of aromatic nitrogens is 3. The Labute approximate surface area is 101 Å². The molecule has 2 rings (SSSR count). The van der Waals surface area contributed by atoms with Crippen LogP contribution < -0.4 is 5.73 Å². The van der Waals surface area contributed by atoms with E-state index in [9.17, 15) is 0 Å². The van der Waals surface area contributed by atoms with E-state index in [0.29, 0.717) is 11.7 Å². The number of anilines is 1. The van der Waals surface area contributed by atoms with Gasteiger partial charge in [0.15, 0.2) is 5.82 Å². The molecule has 0 bridgehead atoms. The van der Waals surface area contributed by atoms with Gasteiger partial charge >= 0.3 is 0 Å². The molecule has 0 amide bonds. The summed E-state index contributed by atoms with van der Waals surface area (Å²) in [5.41, 5.74) is 7.50. The molecule has 1 aromatic heterocycles. The average molecular weight is 228 g/mol. The number of nitrogens with zero attached hydrogens (tertiary/aromatic N) is 2. The number of hydrogen-bond donors (Lipinski definition) is 2. The number of rotatable bonds is 3. The Kier molecular flexibility index (Phi) is 3.23. The van der Waals surface area contributed by atoms with Gasteiger partial charge in [-0.05, 0) is 23.8 Å². The van der Waals surface area contributed by atoms with Crippen LogP contribution in [0.5, 0.6) is 0 Å². The van der Waals surface area contributed by atoms with Crippen molar-refractivity contribution >= 4 is 17.8 Å². The first kappa shape index (κ1) is 11.4. The Hall–Kier alpha value is -2.10. The fourth-order valence-electron chi connectivity index (χ4n) is 1.45. The van der Waals surface area contributed by atoms with Gasteiger partial charge in [-0.3, -0.25) is 5.10 Å². The zero-order valence-electron chi connectivity index (χ0n) is 10.0. The predicted molar refractivity (Wildman–Crippen MR) is 70.3 cm³/mol. The summed E-state index contributed by atoms with van der Waals surface area (Å²) in [4.78, 5) is 4.36. The smallest absolute Gasteiger partial charge is 0.173 e. The summed E-state index contributed by atoms with van der Waals surface area (Å²) in [7, 11) is 0. The summed E-state index contributed by atoms with van der Waals surface area (Å²) in [5.74, 6) is 1.95. The molecule has 0 fully saturated rings. The van der Waals surface area contributed by atoms with Gasteiger partial charge in [-0.2, -0.15) is 5.10 Å². The fraction of sp³-hybridized carbons (Fsp3) is 0.231. The van der Waals surface area contributed by atoms with Gasteiger partial charge in [0.05, 0.1) is 0 Å². The SMILES string of the molecule is CC(C)c1nc(/C=C/c2cccc(N)c2)n[nH]1. The first-order valence-corrected chi connectivity index (χ1v) is 5.61. The van der Waals surface area contributed by atoms with Crippen molar-refractivity contribution < 1.29 is 0 Å². The maximum absolute atomic E-state index is 5.70. The van der Waals surface area contributed by atoms with Gasteiger partial charge in [-0.15, -0.1) is 0 Å². The molecule has 0 saturated heterocycles. The first-order chi connectivity index (χ1) is 8.15. The zero-order chi connectivity index (χ0) is 12.3. The highest BCUT2D eigenvalue weighted by Gasteiger charge is 2.03. The van der Waals surface area contributed by atoms with Crippen molar-refractivity contribution in [3.8, 4) is 0 Å². The standard InChI is InChI=1S/C13H16N4/c1-9(2)13-15-12(16-17-13)7-6-10-4-3-5-11(14)8-10/h3-9H,14H2,1-2H3,(H,15,16,17)/b7-6+. The van der Waals surface area contributed by atoms with E-state index in [4.69, 9.17) is 5.73 Å². The van der Waals surface area contributed by atoms with Crippen LogP contribution in [0.15, 0.2) is 24.3 Å². The summed E-state index contributed by atoms with van der Waals surface area (Å²) in [6.07, 6.45) is 3.82. The third-order valence-electron chi connectivity index (χ3n) is 2.40. The molecule has 0 unspecified atom stereocenters. The van der Waals surface area contributed by atoms with Crippen molar-refractivity contribution in [2.24, 2.45) is 0 Å². The molecule has 0 spiro atoms. The molecule has 4 heteroatoms. The second-order valence-electron chi connectivity index (χ2n) is 4.24. The molecule has 0 aliphatic heterocycles. The van der Waals surface area contributed by atoms with E-state index in [2.05, 4.69) is 29.0 Å². The number of benzene rings is 1. The van der Waals surface area contributed by atoms with Crippen molar-refractivity contribution in [2.45, 2.75) is 19.8 Å². The molecular weight excluding hydrogens is 212 g/mol. The second kappa shape index (κ2) is 4.82. The van der Waals surface area contributed by atoms with Gasteiger partial charge in [0.25, 0.3) is 0 Å². The van der Waals surface area contributed by atoms with Gasteiger partial charge in [-0.25, -0.2) is 4.98 Å². The summed E-state index contributed by atoms with van der Waals surface area (Å²) < 4.78 is 0. The van der Waals surface area contributed by atoms with Crippen molar-refractivity contribution in [2.75, 3.05) is 5.73 Å². The number of nitrogens with one attached hydrogen (secondary N) is 1. The topological polar surface area (TPSA) is 67.6 Å². The molecule has 0 saturated carbocycles. The zero-order valence-corrected chi connectivity index (χ0v) is 10.0. The molecule has 0 radical (unpaired) electrons. The number of nitrogens with two attached hydrogens (primary N) is 1. The number of aromatic amines is 1. The van der Waals surface area contributed by atoms with Crippen molar-refractivity contribution in [3.63, 3.8) is 0 Å². The molecule has 0 aliphatic carbocycles. The third-order valence-corrected chi connectivity index (χ3v) is 2.40. The molecular formula is C13H16N4. The average Bonchev–Trinajstić information content (AvgIpc) is 2.75. The lowest BCUT2D eigenvalue weighted by molar-refractivity contribution is 0.781. The molecule has 0 aliphatic rings. The van der Waals surface area contributed by atoms with Crippen LogP contribution in [0.4, 0.5) is 5.69 Å². The number of nitrogen functional groups attached to an aromatic ring is 1. The highest BCUT2D eigenvalue weighted by atomic mass is 15.2. The van der Waals surface area contributed by atoms with Gasteiger partial charge < -0.3 is 5.73 Å². The van der Waals surface area contributed by atoms with Crippen LogP contribution in [0.25, 0.3) is 12.2 Å². The lowest BCUT2D eigenvalue weighted by Gasteiger charge is -1.95. The van der Waals surface area contributed by atoms with Crippen LogP contribution in [-0.4, -0.2) is 15.2 Å². The van der Waals surface area contributed by atoms with Crippen molar-refractivity contribution in [1.82, 2.24) is 15.2 Å². The van der Waals surface area contributed by atoms with E-state index in [1.807, 2.05) is 36.4 Å². The van der Waals surface area contributed by atoms with Crippen molar-refractivity contribution in [3.05, 3.63) is 41.5 Å². The van der Waals surface area contributed by atoms with Crippen LogP contribution in [0, 0.1) is 0 Å². The van der Waals surface area contributed by atoms with E-state index < -0.39 is 0 Å². The van der Waals surface area contributed by atoms with Gasteiger partial charge in [0, 0.05) is 11.6 Å². The molecule has 4 nitrogen and oxygen atoms in total. The third kappa shape index (κ3) is 2.93. The Balaban J connectivity index is 2.14. The summed E-state index contributed by atoms with van der Waals surface area (Å²) >= 11 is 0. The normalized spacial score (nSPS) is 11.5. The van der Waals surface area contributed by atoms with E-state index in [-0.39, 0.29) is 0 Å². The second-order valence-corrected chi connectivity index (χ2v) is 4.24. The minimum atomic E-state index is 0.358. The maximum Gasteiger partial charge on any atom is 0.173 e.